The van der Waals surface area contributed by atoms with Gasteiger partial charge in [-0.25, -0.2) is 0 Å². The van der Waals surface area contributed by atoms with E-state index in [1.54, 1.807) is 0 Å². The Kier molecular flexibility index (Phi) is 30.6. The fourth-order valence-corrected chi connectivity index (χ4v) is 15.3. The zero-order valence-electron chi connectivity index (χ0n) is 67.2. The van der Waals surface area contributed by atoms with Crippen molar-refractivity contribution in [3.05, 3.63) is 378 Å². The maximum atomic E-state index is 11.8. The van der Waals surface area contributed by atoms with Crippen LogP contribution in [0.1, 0.15) is 35.1 Å². The Balaban J connectivity index is 0.000000219. The number of benzene rings is 16. The number of aryl methyl sites for hydroxylation is 4. The smallest absolute Gasteiger partial charge is 2.00 e. The summed E-state index contributed by atoms with van der Waals surface area (Å²) in [4.78, 5) is 0. The van der Waals surface area contributed by atoms with Gasteiger partial charge in [0.1, 0.15) is 46.0 Å². The van der Waals surface area contributed by atoms with Crippen LogP contribution in [0, 0.1) is 54.4 Å². The molecule has 16 aromatic carbocycles. The van der Waals surface area contributed by atoms with Gasteiger partial charge in [0.05, 0.1) is 26.4 Å². The van der Waals surface area contributed by atoms with Gasteiger partial charge in [-0.15, -0.1) is 13.2 Å². The SMILES string of the molecule is C=CCC(COc1ccc(C)cc1-c1cccc(-c2cccc3ccccc23)c1O)COc1ccc(C)cc1-c1cccc(-c2cccc3ccccc23)c1O.C=CCC(COc1ccc(C)cc1-c1cccc(-c2cccc3ccccc23)c1O)COc1ccc(C)cc1-c1cccc(-c2cccc3ccccc23)c1O.[CH3-].[CH3-].[Cl][Zr][Cl].[Zr+2]. The van der Waals surface area contributed by atoms with Gasteiger partial charge in [-0.05, 0) is 154 Å². The van der Waals surface area contributed by atoms with E-state index >= 15 is 0 Å². The van der Waals surface area contributed by atoms with E-state index in [0.717, 1.165) is 132 Å². The van der Waals surface area contributed by atoms with Crippen molar-refractivity contribution in [2.24, 2.45) is 11.8 Å². The van der Waals surface area contributed by atoms with Gasteiger partial charge in [0.2, 0.25) is 0 Å². The minimum atomic E-state index is -0.826. The van der Waals surface area contributed by atoms with E-state index in [4.69, 9.17) is 36.0 Å². The average Bonchev–Trinajstić information content (AvgIpc) is 0.788. The Morgan fingerprint density at radius 1 is 0.271 bits per heavy atom. The molecule has 118 heavy (non-hydrogen) atoms. The zero-order valence-corrected chi connectivity index (χ0v) is 73.6. The molecule has 0 radical (unpaired) electrons. The first kappa shape index (κ1) is 87.6. The molecule has 0 amide bonds. The summed E-state index contributed by atoms with van der Waals surface area (Å²) in [5.74, 6) is 3.53. The number of phenols is 4. The Morgan fingerprint density at radius 2 is 0.449 bits per heavy atom. The van der Waals surface area contributed by atoms with Crippen LogP contribution in [0.3, 0.4) is 0 Å². The van der Waals surface area contributed by atoms with Crippen LogP contribution in [0.15, 0.2) is 341 Å². The number of allylic oxidation sites excluding steroid dienone is 2. The molecular weight excluding hydrogens is 1650 g/mol. The molecule has 4 N–H and O–H groups in total. The molecule has 0 aliphatic carbocycles. The number of aromatic hydroxyl groups is 4. The standard InChI is InChI=1S/2C52H44O4.2CH3.2ClH.2Zr/c2*1-4-13-36(32-55-49-28-26-34(2)30-47(49)45-24-11-22-43(51(45)53)41-20-9-16-37-14-5-7-18-39(37)41)33-56-50-29-27-35(3)31-48(50)46-25-12-23-44(52(46)54)42-21-10-17-38-15-6-8-19-40(38)42;;;;;;/h2*4-12,14-31,36,53-54H,1,13,32-33H2,2-3H3;2*1H3;2*1H;;/q;;2*-1;;;2*+2/p-2. The van der Waals surface area contributed by atoms with Crippen molar-refractivity contribution >= 4 is 60.1 Å². The van der Waals surface area contributed by atoms with E-state index in [9.17, 15) is 20.4 Å². The van der Waals surface area contributed by atoms with Crippen LogP contribution in [0.4, 0.5) is 0 Å². The molecule has 0 spiro atoms. The molecule has 0 aliphatic heterocycles. The summed E-state index contributed by atoms with van der Waals surface area (Å²) in [7, 11) is 9.87. The molecule has 8 nitrogen and oxygen atoms in total. The third kappa shape index (κ3) is 19.8. The number of halogens is 2. The first-order valence-corrected chi connectivity index (χ1v) is 44.9. The maximum absolute atomic E-state index is 11.8. The molecule has 0 unspecified atom stereocenters. The second-order valence-electron chi connectivity index (χ2n) is 29.0. The Morgan fingerprint density at radius 3 is 0.661 bits per heavy atom. The minimum absolute atomic E-state index is 0. The minimum Gasteiger partial charge on any atom is 2.00 e. The Hall–Kier alpha value is -11.2. The summed E-state index contributed by atoms with van der Waals surface area (Å²) in [5.41, 5.74) is 17.4. The summed E-state index contributed by atoms with van der Waals surface area (Å²) in [5, 5.41) is 56.1. The number of fused-ring (bicyclic) bond motifs is 4. The van der Waals surface area contributed by atoms with Gasteiger partial charge in [-0.1, -0.05) is 301 Å². The molecule has 16 aromatic rings. The summed E-state index contributed by atoms with van der Waals surface area (Å²) in [6.45, 7) is 17.7. The van der Waals surface area contributed by atoms with Crippen LogP contribution in [-0.2, 0) is 47.1 Å². The van der Waals surface area contributed by atoms with Crippen molar-refractivity contribution < 1.29 is 86.4 Å². The summed E-state index contributed by atoms with van der Waals surface area (Å²) < 4.78 is 26.4. The first-order valence-electron chi connectivity index (χ1n) is 38.5. The number of ether oxygens (including phenoxy) is 4. The first-order chi connectivity index (χ1) is 56.2. The van der Waals surface area contributed by atoms with Crippen LogP contribution >= 0.6 is 17.0 Å². The molecule has 0 saturated heterocycles. The molecule has 0 bridgehead atoms. The van der Waals surface area contributed by atoms with E-state index in [-0.39, 0.29) is 75.9 Å². The van der Waals surface area contributed by atoms with Crippen molar-refractivity contribution in [3.63, 3.8) is 0 Å². The van der Waals surface area contributed by atoms with Crippen molar-refractivity contribution in [2.45, 2.75) is 40.5 Å². The number of rotatable bonds is 24. The van der Waals surface area contributed by atoms with Gasteiger partial charge in [-0.2, -0.15) is 0 Å². The van der Waals surface area contributed by atoms with Gasteiger partial charge in [0.15, 0.2) is 0 Å². The molecule has 16 rings (SSSR count). The van der Waals surface area contributed by atoms with Gasteiger partial charge in [-0.3, -0.25) is 0 Å². The fourth-order valence-electron chi connectivity index (χ4n) is 15.3. The van der Waals surface area contributed by atoms with Gasteiger partial charge >= 0.3 is 64.1 Å². The second-order valence-corrected chi connectivity index (χ2v) is 32.7. The normalized spacial score (nSPS) is 10.8. The number of hydrogen-bond acceptors (Lipinski definition) is 8. The second kappa shape index (κ2) is 41.3. The number of para-hydroxylation sites is 4. The van der Waals surface area contributed by atoms with Crippen LogP contribution < -0.4 is 18.9 Å². The average molecular weight is 1750 g/mol. The fraction of sp³-hybridized carbons (Fsp3) is 0.113. The van der Waals surface area contributed by atoms with E-state index in [2.05, 4.69) is 134 Å². The van der Waals surface area contributed by atoms with Crippen molar-refractivity contribution in [3.8, 4) is 135 Å². The van der Waals surface area contributed by atoms with Crippen LogP contribution in [0.5, 0.6) is 46.0 Å². The number of phenolic OH excluding ortho intramolecular Hbond substituents is 4. The van der Waals surface area contributed by atoms with Crippen molar-refractivity contribution in [1.29, 1.82) is 0 Å². The molecule has 0 heterocycles. The molecule has 0 aliphatic rings. The summed E-state index contributed by atoms with van der Waals surface area (Å²) in [6.07, 6.45) is 5.13. The largest absolute Gasteiger partial charge is 2.00 e. The van der Waals surface area contributed by atoms with E-state index in [0.29, 0.717) is 84.5 Å². The monoisotopic (exact) mass is 1740 g/mol. The van der Waals surface area contributed by atoms with Crippen LogP contribution in [0.25, 0.3) is 132 Å². The predicted molar refractivity (Wildman–Crippen MR) is 488 cm³/mol. The van der Waals surface area contributed by atoms with E-state index in [1.807, 2.05) is 234 Å². The van der Waals surface area contributed by atoms with Gasteiger partial charge < -0.3 is 54.2 Å². The Bertz CT molecular complexity index is 5460. The van der Waals surface area contributed by atoms with Gasteiger partial charge in [0, 0.05) is 78.6 Å². The van der Waals surface area contributed by atoms with Gasteiger partial charge in [0.25, 0.3) is 0 Å². The van der Waals surface area contributed by atoms with E-state index in [1.165, 1.54) is 0 Å². The van der Waals surface area contributed by atoms with Crippen molar-refractivity contribution in [1.82, 2.24) is 0 Å². The molecule has 0 fully saturated rings. The number of hydrogen-bond donors (Lipinski definition) is 4. The third-order valence-electron chi connectivity index (χ3n) is 21.1. The molecule has 12 heteroatoms. The summed E-state index contributed by atoms with van der Waals surface area (Å²) >= 11 is -0.826. The summed E-state index contributed by atoms with van der Waals surface area (Å²) in [6, 6.07) is 105. The van der Waals surface area contributed by atoms with Crippen LogP contribution in [-0.4, -0.2) is 46.9 Å². The third-order valence-corrected chi connectivity index (χ3v) is 21.1. The van der Waals surface area contributed by atoms with E-state index < -0.39 is 20.8 Å². The van der Waals surface area contributed by atoms with Crippen molar-refractivity contribution in [2.75, 3.05) is 26.4 Å². The van der Waals surface area contributed by atoms with Crippen LogP contribution in [0.2, 0.25) is 0 Å². The quantitative estimate of drug-likeness (QED) is 0.0349. The molecular formula is C106H94Cl2O8Zr2. The zero-order chi connectivity index (χ0) is 79.9. The topological polar surface area (TPSA) is 118 Å². The Labute approximate surface area is 731 Å². The predicted octanol–water partition coefficient (Wildman–Crippen LogP) is 29.0. The molecule has 588 valence electrons. The molecule has 0 atom stereocenters. The molecule has 0 aromatic heterocycles. The molecule has 0 saturated carbocycles. The maximum Gasteiger partial charge on any atom is 2.00 e.